The molecule has 0 saturated heterocycles. The second-order valence-corrected chi connectivity index (χ2v) is 8.00. The third-order valence-electron chi connectivity index (χ3n) is 5.38. The maximum Gasteiger partial charge on any atom is 0.262 e. The minimum absolute atomic E-state index is 0.0649. The average Bonchev–Trinajstić information content (AvgIpc) is 2.94. The number of carbonyl (C=O) groups is 3. The first-order chi connectivity index (χ1) is 13.8. The van der Waals surface area contributed by atoms with Gasteiger partial charge >= 0.3 is 0 Å². The van der Waals surface area contributed by atoms with Crippen LogP contribution in [-0.2, 0) is 4.79 Å². The number of imide groups is 1. The third kappa shape index (κ3) is 4.07. The molecule has 2 aromatic carbocycles. The predicted octanol–water partition coefficient (Wildman–Crippen LogP) is 1.31. The van der Waals surface area contributed by atoms with Crippen molar-refractivity contribution in [2.24, 2.45) is 5.92 Å². The number of rotatable bonds is 7. The number of amides is 3. The molecule has 0 fully saturated rings. The van der Waals surface area contributed by atoms with Crippen LogP contribution >= 0.6 is 0 Å². The number of nitrogens with one attached hydrogen (secondary N) is 2. The molecule has 0 radical (unpaired) electrons. The SMILES string of the molecule is CC(C)[C@H](C(=O)NC[C@@H](c1ccccc1)[NH+](C)C)N1C(=O)c2ccccc2C1=O. The van der Waals surface area contributed by atoms with E-state index in [0.29, 0.717) is 17.7 Å². The Hall–Kier alpha value is -2.99. The number of quaternary nitrogens is 1. The van der Waals surface area contributed by atoms with Gasteiger partial charge in [-0.25, -0.2) is 0 Å². The molecular weight excluding hydrogens is 366 g/mol. The normalized spacial score (nSPS) is 15.6. The van der Waals surface area contributed by atoms with Gasteiger partial charge in [-0.1, -0.05) is 56.3 Å². The van der Waals surface area contributed by atoms with Gasteiger partial charge in [0.25, 0.3) is 11.8 Å². The Morgan fingerprint density at radius 1 is 0.931 bits per heavy atom. The summed E-state index contributed by atoms with van der Waals surface area (Å²) in [6, 6.07) is 15.9. The standard InChI is InChI=1S/C23H27N3O3/c1-15(2)20(26-22(28)17-12-8-9-13-18(17)23(26)29)21(27)24-14-19(25(3)4)16-10-6-5-7-11-16/h5-13,15,19-20H,14H2,1-4H3,(H,24,27)/p+1/t19-,20+/m0/s1. The Morgan fingerprint density at radius 3 is 1.93 bits per heavy atom. The molecule has 0 unspecified atom stereocenters. The number of nitrogens with zero attached hydrogens (tertiary/aromatic N) is 1. The minimum Gasteiger partial charge on any atom is -0.348 e. The summed E-state index contributed by atoms with van der Waals surface area (Å²) in [6.07, 6.45) is 0. The van der Waals surface area contributed by atoms with Crippen LogP contribution in [0.4, 0.5) is 0 Å². The maximum absolute atomic E-state index is 13.1. The smallest absolute Gasteiger partial charge is 0.262 e. The number of likely N-dealkylation sites (N-methyl/N-ethyl adjacent to an activating group) is 1. The Labute approximate surface area is 171 Å². The summed E-state index contributed by atoms with van der Waals surface area (Å²) in [5.41, 5.74) is 1.83. The van der Waals surface area contributed by atoms with Crippen molar-refractivity contribution < 1.29 is 19.3 Å². The second-order valence-electron chi connectivity index (χ2n) is 8.00. The van der Waals surface area contributed by atoms with E-state index < -0.39 is 17.9 Å². The van der Waals surface area contributed by atoms with E-state index in [1.54, 1.807) is 24.3 Å². The molecule has 2 atom stereocenters. The lowest BCUT2D eigenvalue weighted by molar-refractivity contribution is -0.890. The topological polar surface area (TPSA) is 70.9 Å². The van der Waals surface area contributed by atoms with Crippen molar-refractivity contribution in [2.75, 3.05) is 20.6 Å². The van der Waals surface area contributed by atoms with Crippen LogP contribution in [0, 0.1) is 5.92 Å². The van der Waals surface area contributed by atoms with Crippen LogP contribution in [0.5, 0.6) is 0 Å². The number of benzene rings is 2. The van der Waals surface area contributed by atoms with E-state index in [0.717, 1.165) is 10.5 Å². The summed E-state index contributed by atoms with van der Waals surface area (Å²) in [5, 5.41) is 2.98. The van der Waals surface area contributed by atoms with Gasteiger partial charge in [-0.3, -0.25) is 19.3 Å². The first-order valence-corrected chi connectivity index (χ1v) is 9.92. The highest BCUT2D eigenvalue weighted by atomic mass is 16.2. The molecule has 3 rings (SSSR count). The molecule has 0 saturated carbocycles. The van der Waals surface area contributed by atoms with Crippen molar-refractivity contribution in [3.63, 3.8) is 0 Å². The Morgan fingerprint density at radius 2 is 1.45 bits per heavy atom. The van der Waals surface area contributed by atoms with Gasteiger partial charge in [-0.2, -0.15) is 0 Å². The van der Waals surface area contributed by atoms with Gasteiger partial charge in [-0.05, 0) is 18.1 Å². The van der Waals surface area contributed by atoms with Crippen molar-refractivity contribution in [3.05, 3.63) is 71.3 Å². The van der Waals surface area contributed by atoms with Crippen molar-refractivity contribution in [1.82, 2.24) is 10.2 Å². The molecule has 152 valence electrons. The fraction of sp³-hybridized carbons (Fsp3) is 0.348. The quantitative estimate of drug-likeness (QED) is 0.696. The maximum atomic E-state index is 13.1. The predicted molar refractivity (Wildman–Crippen MR) is 111 cm³/mol. The zero-order valence-corrected chi connectivity index (χ0v) is 17.3. The molecule has 2 N–H and O–H groups in total. The van der Waals surface area contributed by atoms with E-state index in [1.165, 1.54) is 4.90 Å². The van der Waals surface area contributed by atoms with E-state index >= 15 is 0 Å². The summed E-state index contributed by atoms with van der Waals surface area (Å²) in [4.78, 5) is 41.1. The van der Waals surface area contributed by atoms with E-state index in [4.69, 9.17) is 0 Å². The second kappa shape index (κ2) is 8.57. The molecule has 3 amide bonds. The Bertz CT molecular complexity index is 874. The van der Waals surface area contributed by atoms with Gasteiger partial charge in [0, 0.05) is 5.56 Å². The van der Waals surface area contributed by atoms with Crippen molar-refractivity contribution in [1.29, 1.82) is 0 Å². The lowest BCUT2D eigenvalue weighted by atomic mass is 10.0. The van der Waals surface area contributed by atoms with Crippen LogP contribution in [0.1, 0.15) is 46.2 Å². The first-order valence-electron chi connectivity index (χ1n) is 9.92. The summed E-state index contributed by atoms with van der Waals surface area (Å²) in [7, 11) is 4.07. The molecule has 1 heterocycles. The van der Waals surface area contributed by atoms with Crippen LogP contribution in [0.15, 0.2) is 54.6 Å². The molecule has 0 aliphatic carbocycles. The molecule has 29 heavy (non-hydrogen) atoms. The highest BCUT2D eigenvalue weighted by Crippen LogP contribution is 2.27. The molecular formula is C23H28N3O3+. The summed E-state index contributed by atoms with van der Waals surface area (Å²) in [5.74, 6) is -1.33. The molecule has 0 aromatic heterocycles. The largest absolute Gasteiger partial charge is 0.348 e. The van der Waals surface area contributed by atoms with Gasteiger partial charge in [0.15, 0.2) is 0 Å². The number of hydrogen-bond acceptors (Lipinski definition) is 3. The van der Waals surface area contributed by atoms with Crippen molar-refractivity contribution in [3.8, 4) is 0 Å². The molecule has 2 aromatic rings. The zero-order valence-electron chi connectivity index (χ0n) is 17.3. The van der Waals surface area contributed by atoms with Crippen molar-refractivity contribution in [2.45, 2.75) is 25.9 Å². The third-order valence-corrected chi connectivity index (χ3v) is 5.38. The van der Waals surface area contributed by atoms with Crippen molar-refractivity contribution >= 4 is 17.7 Å². The molecule has 0 bridgehead atoms. The lowest BCUT2D eigenvalue weighted by Crippen LogP contribution is -3.07. The zero-order chi connectivity index (χ0) is 21.1. The molecule has 6 heteroatoms. The van der Waals surface area contributed by atoms with Gasteiger partial charge in [0.05, 0.1) is 31.8 Å². The Kier molecular flexibility index (Phi) is 6.13. The van der Waals surface area contributed by atoms with Gasteiger partial charge < -0.3 is 10.2 Å². The van der Waals surface area contributed by atoms with E-state index in [2.05, 4.69) is 5.32 Å². The van der Waals surface area contributed by atoms with E-state index in [1.807, 2.05) is 58.3 Å². The lowest BCUT2D eigenvalue weighted by Gasteiger charge is -2.29. The molecule has 1 aliphatic heterocycles. The van der Waals surface area contributed by atoms with Gasteiger partial charge in [0.1, 0.15) is 12.1 Å². The highest BCUT2D eigenvalue weighted by Gasteiger charge is 2.44. The number of carbonyl (C=O) groups excluding carboxylic acids is 3. The number of hydrogen-bond donors (Lipinski definition) is 2. The fourth-order valence-corrected chi connectivity index (χ4v) is 3.83. The highest BCUT2D eigenvalue weighted by molar-refractivity contribution is 6.22. The molecule has 0 spiro atoms. The molecule has 6 nitrogen and oxygen atoms in total. The van der Waals surface area contributed by atoms with Crippen LogP contribution in [0.3, 0.4) is 0 Å². The van der Waals surface area contributed by atoms with Gasteiger partial charge in [-0.15, -0.1) is 0 Å². The van der Waals surface area contributed by atoms with Crippen LogP contribution in [0.25, 0.3) is 0 Å². The summed E-state index contributed by atoms with van der Waals surface area (Å²) >= 11 is 0. The first kappa shape index (κ1) is 20.7. The molecule has 1 aliphatic rings. The summed E-state index contributed by atoms with van der Waals surface area (Å²) < 4.78 is 0. The number of fused-ring (bicyclic) bond motifs is 1. The fourth-order valence-electron chi connectivity index (χ4n) is 3.83. The average molecular weight is 394 g/mol. The monoisotopic (exact) mass is 394 g/mol. The van der Waals surface area contributed by atoms with Crippen LogP contribution in [-0.4, -0.2) is 49.3 Å². The summed E-state index contributed by atoms with van der Waals surface area (Å²) in [6.45, 7) is 4.11. The van der Waals surface area contributed by atoms with Crippen LogP contribution in [0.2, 0.25) is 0 Å². The van der Waals surface area contributed by atoms with Gasteiger partial charge in [0.2, 0.25) is 5.91 Å². The van der Waals surface area contributed by atoms with Crippen LogP contribution < -0.4 is 10.2 Å². The van der Waals surface area contributed by atoms with E-state index in [9.17, 15) is 14.4 Å². The Balaban J connectivity index is 1.79. The minimum atomic E-state index is -0.851. The van der Waals surface area contributed by atoms with E-state index in [-0.39, 0.29) is 17.9 Å².